The lowest BCUT2D eigenvalue weighted by Gasteiger charge is -2.00. The molecule has 0 aromatic heterocycles. The predicted octanol–water partition coefficient (Wildman–Crippen LogP) is 0.841. The predicted molar refractivity (Wildman–Crippen MR) is 37.0 cm³/mol. The van der Waals surface area contributed by atoms with Crippen LogP contribution in [-0.2, 0) is 0 Å². The fourth-order valence-corrected chi connectivity index (χ4v) is 3.03. The van der Waals surface area contributed by atoms with Crippen molar-refractivity contribution >= 4 is 11.8 Å². The van der Waals surface area contributed by atoms with Crippen molar-refractivity contribution in [2.45, 2.75) is 18.9 Å². The maximum Gasteiger partial charge on any atom is 0.0110 e. The molecular formula is C6H11NS. The Morgan fingerprint density at radius 2 is 2.38 bits per heavy atom. The molecule has 0 aromatic rings. The van der Waals surface area contributed by atoms with Crippen LogP contribution in [0, 0.1) is 5.41 Å². The second kappa shape index (κ2) is 1.42. The van der Waals surface area contributed by atoms with E-state index in [0.29, 0.717) is 11.5 Å². The van der Waals surface area contributed by atoms with Crippen LogP contribution in [0.25, 0.3) is 0 Å². The van der Waals surface area contributed by atoms with Crippen molar-refractivity contribution in [3.05, 3.63) is 0 Å². The van der Waals surface area contributed by atoms with E-state index >= 15 is 0 Å². The Morgan fingerprint density at radius 1 is 1.62 bits per heavy atom. The summed E-state index contributed by atoms with van der Waals surface area (Å²) < 4.78 is 0. The number of hydrogen-bond donors (Lipinski definition) is 1. The van der Waals surface area contributed by atoms with E-state index in [1.165, 1.54) is 24.3 Å². The Balaban J connectivity index is 2.06. The molecule has 1 saturated carbocycles. The van der Waals surface area contributed by atoms with Gasteiger partial charge in [-0.15, -0.1) is 0 Å². The summed E-state index contributed by atoms with van der Waals surface area (Å²) in [5.41, 5.74) is 6.39. The molecular weight excluding hydrogens is 118 g/mol. The van der Waals surface area contributed by atoms with Crippen molar-refractivity contribution in [3.63, 3.8) is 0 Å². The normalized spacial score (nSPS) is 52.9. The van der Waals surface area contributed by atoms with Gasteiger partial charge in [-0.2, -0.15) is 11.8 Å². The summed E-state index contributed by atoms with van der Waals surface area (Å²) in [5.74, 6) is 2.70. The van der Waals surface area contributed by atoms with Gasteiger partial charge in [0.25, 0.3) is 0 Å². The lowest BCUT2D eigenvalue weighted by molar-refractivity contribution is 0.564. The van der Waals surface area contributed by atoms with Gasteiger partial charge in [0.1, 0.15) is 0 Å². The lowest BCUT2D eigenvalue weighted by Crippen LogP contribution is -2.12. The fourth-order valence-electron chi connectivity index (χ4n) is 1.46. The van der Waals surface area contributed by atoms with Gasteiger partial charge in [-0.3, -0.25) is 0 Å². The van der Waals surface area contributed by atoms with E-state index in [1.807, 2.05) is 0 Å². The monoisotopic (exact) mass is 129 g/mol. The number of hydrogen-bond acceptors (Lipinski definition) is 2. The van der Waals surface area contributed by atoms with Crippen LogP contribution in [0.2, 0.25) is 0 Å². The van der Waals surface area contributed by atoms with Crippen molar-refractivity contribution in [2.75, 3.05) is 11.5 Å². The summed E-state index contributed by atoms with van der Waals surface area (Å²) in [4.78, 5) is 0. The molecule has 0 radical (unpaired) electrons. The summed E-state index contributed by atoms with van der Waals surface area (Å²) in [6.45, 7) is 0. The number of rotatable bonds is 0. The van der Waals surface area contributed by atoms with Gasteiger partial charge in [0, 0.05) is 11.8 Å². The Labute approximate surface area is 54.0 Å². The molecule has 2 heteroatoms. The third-order valence-corrected chi connectivity index (χ3v) is 3.66. The highest BCUT2D eigenvalue weighted by molar-refractivity contribution is 7.99. The van der Waals surface area contributed by atoms with E-state index in [9.17, 15) is 0 Å². The molecule has 0 bridgehead atoms. The summed E-state index contributed by atoms with van der Waals surface area (Å²) in [6.07, 6.45) is 2.69. The van der Waals surface area contributed by atoms with Crippen molar-refractivity contribution < 1.29 is 0 Å². The summed E-state index contributed by atoms with van der Waals surface area (Å²) >= 11 is 2.07. The van der Waals surface area contributed by atoms with E-state index < -0.39 is 0 Å². The first-order chi connectivity index (χ1) is 3.83. The average Bonchev–Trinajstić information content (AvgIpc) is 2.29. The minimum atomic E-state index is 0.567. The zero-order chi connectivity index (χ0) is 5.61. The molecule has 2 fully saturated rings. The molecule has 2 atom stereocenters. The van der Waals surface area contributed by atoms with Gasteiger partial charge in [0.15, 0.2) is 0 Å². The topological polar surface area (TPSA) is 26.0 Å². The molecule has 0 aromatic carbocycles. The zero-order valence-electron chi connectivity index (χ0n) is 4.89. The fraction of sp³-hybridized carbons (Fsp3) is 1.00. The largest absolute Gasteiger partial charge is 0.327 e. The molecule has 1 spiro atoms. The van der Waals surface area contributed by atoms with Crippen LogP contribution >= 0.6 is 11.8 Å². The Bertz CT molecular complexity index is 107. The van der Waals surface area contributed by atoms with Gasteiger partial charge in [0.2, 0.25) is 0 Å². The molecule has 8 heavy (non-hydrogen) atoms. The summed E-state index contributed by atoms with van der Waals surface area (Å²) in [5, 5.41) is 0. The van der Waals surface area contributed by atoms with Gasteiger partial charge in [-0.1, -0.05) is 0 Å². The highest BCUT2D eigenvalue weighted by Crippen LogP contribution is 2.54. The number of thioether (sulfide) groups is 1. The summed E-state index contributed by atoms with van der Waals surface area (Å²) in [6, 6.07) is 0.567. The van der Waals surface area contributed by atoms with E-state index in [-0.39, 0.29) is 0 Å². The van der Waals surface area contributed by atoms with E-state index in [4.69, 9.17) is 5.73 Å². The molecule has 2 aliphatic rings. The van der Waals surface area contributed by atoms with Crippen LogP contribution in [0.15, 0.2) is 0 Å². The van der Waals surface area contributed by atoms with Gasteiger partial charge in [-0.05, 0) is 24.0 Å². The smallest absolute Gasteiger partial charge is 0.0110 e. The Hall–Kier alpha value is 0.310. The van der Waals surface area contributed by atoms with Crippen LogP contribution in [0.4, 0.5) is 0 Å². The SMILES string of the molecule is NC1CC12CCSC2. The highest BCUT2D eigenvalue weighted by Gasteiger charge is 2.53. The van der Waals surface area contributed by atoms with Gasteiger partial charge < -0.3 is 5.73 Å². The first-order valence-electron chi connectivity index (χ1n) is 3.17. The standard InChI is InChI=1S/C6H11NS/c7-5-3-6(5)1-2-8-4-6/h5H,1-4,7H2. The molecule has 2 unspecified atom stereocenters. The van der Waals surface area contributed by atoms with E-state index in [0.717, 1.165) is 0 Å². The second-order valence-corrected chi connectivity index (χ2v) is 4.08. The molecule has 2 N–H and O–H groups in total. The van der Waals surface area contributed by atoms with Gasteiger partial charge in [-0.25, -0.2) is 0 Å². The highest BCUT2D eigenvalue weighted by atomic mass is 32.2. The minimum absolute atomic E-state index is 0.567. The Kier molecular flexibility index (Phi) is 0.910. The molecule has 1 aliphatic heterocycles. The van der Waals surface area contributed by atoms with Crippen LogP contribution in [-0.4, -0.2) is 17.5 Å². The lowest BCUT2D eigenvalue weighted by atomic mass is 10.1. The molecule has 46 valence electrons. The molecule has 1 saturated heterocycles. The molecule has 2 rings (SSSR count). The van der Waals surface area contributed by atoms with Crippen LogP contribution in [0.5, 0.6) is 0 Å². The van der Waals surface area contributed by atoms with E-state index in [2.05, 4.69) is 11.8 Å². The minimum Gasteiger partial charge on any atom is -0.327 e. The first-order valence-corrected chi connectivity index (χ1v) is 4.32. The number of nitrogens with two attached hydrogens (primary N) is 1. The quantitative estimate of drug-likeness (QED) is 0.524. The average molecular weight is 129 g/mol. The third kappa shape index (κ3) is 0.531. The molecule has 1 aliphatic carbocycles. The molecule has 1 nitrogen and oxygen atoms in total. The van der Waals surface area contributed by atoms with Crippen LogP contribution < -0.4 is 5.73 Å². The first kappa shape index (κ1) is 5.12. The van der Waals surface area contributed by atoms with Crippen LogP contribution in [0.1, 0.15) is 12.8 Å². The summed E-state index contributed by atoms with van der Waals surface area (Å²) in [7, 11) is 0. The van der Waals surface area contributed by atoms with Crippen molar-refractivity contribution in [2.24, 2.45) is 11.1 Å². The molecule has 0 amide bonds. The third-order valence-electron chi connectivity index (χ3n) is 2.39. The second-order valence-electron chi connectivity index (χ2n) is 2.98. The van der Waals surface area contributed by atoms with Crippen molar-refractivity contribution in [1.29, 1.82) is 0 Å². The molecule has 1 heterocycles. The van der Waals surface area contributed by atoms with Crippen molar-refractivity contribution in [1.82, 2.24) is 0 Å². The Morgan fingerprint density at radius 3 is 2.62 bits per heavy atom. The van der Waals surface area contributed by atoms with Crippen LogP contribution in [0.3, 0.4) is 0 Å². The van der Waals surface area contributed by atoms with E-state index in [1.54, 1.807) is 0 Å². The van der Waals surface area contributed by atoms with Crippen molar-refractivity contribution in [3.8, 4) is 0 Å². The van der Waals surface area contributed by atoms with Gasteiger partial charge >= 0.3 is 0 Å². The maximum absolute atomic E-state index is 5.75. The maximum atomic E-state index is 5.75. The van der Waals surface area contributed by atoms with Gasteiger partial charge in [0.05, 0.1) is 0 Å². The zero-order valence-corrected chi connectivity index (χ0v) is 5.71.